The van der Waals surface area contributed by atoms with Gasteiger partial charge in [-0.1, -0.05) is 19.1 Å². The molecule has 0 aromatic heterocycles. The van der Waals surface area contributed by atoms with Gasteiger partial charge in [0.15, 0.2) is 11.5 Å². The van der Waals surface area contributed by atoms with Crippen molar-refractivity contribution in [3.8, 4) is 11.5 Å². The van der Waals surface area contributed by atoms with Gasteiger partial charge in [0.25, 0.3) is 0 Å². The molecule has 2 aliphatic rings. The van der Waals surface area contributed by atoms with E-state index in [9.17, 15) is 0 Å². The Kier molecular flexibility index (Phi) is 4.52. The molecule has 1 aromatic rings. The smallest absolute Gasteiger partial charge is 0.166 e. The van der Waals surface area contributed by atoms with Crippen LogP contribution in [0, 0.1) is 5.92 Å². The monoisotopic (exact) mass is 303 g/mol. The van der Waals surface area contributed by atoms with E-state index in [4.69, 9.17) is 9.47 Å². The molecule has 1 saturated heterocycles. The summed E-state index contributed by atoms with van der Waals surface area (Å²) in [6.45, 7) is 8.09. The van der Waals surface area contributed by atoms with Crippen LogP contribution in [0.25, 0.3) is 0 Å². The lowest BCUT2D eigenvalue weighted by Crippen LogP contribution is -2.41. The molecule has 2 heterocycles. The average Bonchev–Trinajstić information content (AvgIpc) is 2.98. The van der Waals surface area contributed by atoms with Crippen LogP contribution in [0.2, 0.25) is 0 Å². The summed E-state index contributed by atoms with van der Waals surface area (Å²) < 4.78 is 11.4. The van der Waals surface area contributed by atoms with Gasteiger partial charge in [0.05, 0.1) is 19.8 Å². The molecule has 2 unspecified atom stereocenters. The van der Waals surface area contributed by atoms with Gasteiger partial charge in [-0.3, -0.25) is 0 Å². The maximum atomic E-state index is 5.87. The molecule has 3 rings (SSSR count). The van der Waals surface area contributed by atoms with Crippen molar-refractivity contribution in [3.63, 3.8) is 0 Å². The molecule has 1 fully saturated rings. The number of nitrogens with zero attached hydrogens (tertiary/aromatic N) is 2. The summed E-state index contributed by atoms with van der Waals surface area (Å²) in [4.78, 5) is 2.49. The predicted octanol–water partition coefficient (Wildman–Crippen LogP) is 2.44. The van der Waals surface area contributed by atoms with Crippen LogP contribution in [0.3, 0.4) is 0 Å². The first kappa shape index (κ1) is 15.2. The fourth-order valence-electron chi connectivity index (χ4n) is 3.42. The Morgan fingerprint density at radius 3 is 2.95 bits per heavy atom. The van der Waals surface area contributed by atoms with E-state index in [2.05, 4.69) is 28.4 Å². The molecule has 2 aliphatic heterocycles. The number of hydrogen-bond acceptors (Lipinski definition) is 5. The zero-order chi connectivity index (χ0) is 15.5. The quantitative estimate of drug-likeness (QED) is 0.907. The average molecular weight is 303 g/mol. The number of benzene rings is 1. The lowest BCUT2D eigenvalue weighted by Gasteiger charge is -2.33. The minimum Gasteiger partial charge on any atom is -0.493 e. The van der Waals surface area contributed by atoms with Crippen molar-refractivity contribution in [3.05, 3.63) is 23.8 Å². The van der Waals surface area contributed by atoms with Gasteiger partial charge < -0.3 is 19.8 Å². The molecule has 1 N–H and O–H groups in total. The zero-order valence-corrected chi connectivity index (χ0v) is 13.6. The summed E-state index contributed by atoms with van der Waals surface area (Å²) >= 11 is 0. The third-order valence-electron chi connectivity index (χ3n) is 4.62. The van der Waals surface area contributed by atoms with Crippen molar-refractivity contribution >= 4 is 5.71 Å². The predicted molar refractivity (Wildman–Crippen MR) is 87.7 cm³/mol. The molecule has 0 saturated carbocycles. The summed E-state index contributed by atoms with van der Waals surface area (Å²) in [7, 11) is 1.69. The molecule has 22 heavy (non-hydrogen) atoms. The van der Waals surface area contributed by atoms with Crippen LogP contribution in [0.15, 0.2) is 23.3 Å². The highest BCUT2D eigenvalue weighted by molar-refractivity contribution is 5.90. The van der Waals surface area contributed by atoms with Crippen LogP contribution < -0.4 is 14.9 Å². The summed E-state index contributed by atoms with van der Waals surface area (Å²) in [6, 6.07) is 6.26. The molecule has 120 valence electrons. The molecule has 0 aliphatic carbocycles. The van der Waals surface area contributed by atoms with Gasteiger partial charge in [0.2, 0.25) is 0 Å². The summed E-state index contributed by atoms with van der Waals surface area (Å²) in [6.07, 6.45) is 1.05. The van der Waals surface area contributed by atoms with E-state index in [0.29, 0.717) is 12.5 Å². The summed E-state index contributed by atoms with van der Waals surface area (Å²) in [5, 5.41) is 4.58. The molecule has 0 bridgehead atoms. The maximum Gasteiger partial charge on any atom is 0.166 e. The van der Waals surface area contributed by atoms with E-state index in [0.717, 1.165) is 43.1 Å². The lowest BCUT2D eigenvalue weighted by atomic mass is 9.86. The maximum absolute atomic E-state index is 5.87. The SMILES string of the molecule is CCOc1c(OC)cccc1C1NN=C2CCN(CC)CC21. The minimum atomic E-state index is 0.168. The third kappa shape index (κ3) is 2.65. The number of para-hydroxylation sites is 1. The van der Waals surface area contributed by atoms with Crippen molar-refractivity contribution < 1.29 is 9.47 Å². The van der Waals surface area contributed by atoms with Crippen LogP contribution >= 0.6 is 0 Å². The molecule has 5 heteroatoms. The van der Waals surface area contributed by atoms with Gasteiger partial charge in [-0.05, 0) is 19.5 Å². The number of rotatable bonds is 5. The number of hydrogen-bond donors (Lipinski definition) is 1. The Morgan fingerprint density at radius 1 is 1.36 bits per heavy atom. The largest absolute Gasteiger partial charge is 0.493 e. The van der Waals surface area contributed by atoms with Crippen LogP contribution in [-0.2, 0) is 0 Å². The second-order valence-corrected chi connectivity index (χ2v) is 5.77. The van der Waals surface area contributed by atoms with E-state index in [1.54, 1.807) is 7.11 Å². The second kappa shape index (κ2) is 6.57. The zero-order valence-electron chi connectivity index (χ0n) is 13.6. The highest BCUT2D eigenvalue weighted by atomic mass is 16.5. The van der Waals surface area contributed by atoms with E-state index in [1.165, 1.54) is 5.71 Å². The van der Waals surface area contributed by atoms with Gasteiger partial charge in [-0.2, -0.15) is 5.10 Å². The Hall–Kier alpha value is -1.75. The first-order valence-electron chi connectivity index (χ1n) is 8.12. The Balaban J connectivity index is 1.91. The standard InChI is InChI=1S/C17H25N3O2/c1-4-20-10-9-14-13(11-20)16(19-18-14)12-7-6-8-15(21-3)17(12)22-5-2/h6-8,13,16,19H,4-5,9-11H2,1-3H3. The number of fused-ring (bicyclic) bond motifs is 1. The van der Waals surface area contributed by atoms with Crippen molar-refractivity contribution in [1.82, 2.24) is 10.3 Å². The fourth-order valence-corrected chi connectivity index (χ4v) is 3.42. The van der Waals surface area contributed by atoms with E-state index >= 15 is 0 Å². The summed E-state index contributed by atoms with van der Waals surface area (Å²) in [5.74, 6) is 2.05. The lowest BCUT2D eigenvalue weighted by molar-refractivity contribution is 0.235. The molecule has 0 spiro atoms. The van der Waals surface area contributed by atoms with Crippen LogP contribution in [0.1, 0.15) is 31.9 Å². The molecule has 1 aromatic carbocycles. The number of likely N-dealkylation sites (tertiary alicyclic amines) is 1. The van der Waals surface area contributed by atoms with E-state index < -0.39 is 0 Å². The number of piperidine rings is 1. The van der Waals surface area contributed by atoms with Crippen molar-refractivity contribution in [1.29, 1.82) is 0 Å². The number of ether oxygens (including phenoxy) is 2. The third-order valence-corrected chi connectivity index (χ3v) is 4.62. The topological polar surface area (TPSA) is 46.1 Å². The minimum absolute atomic E-state index is 0.168. The number of nitrogens with one attached hydrogen (secondary N) is 1. The van der Waals surface area contributed by atoms with Crippen molar-refractivity contribution in [2.45, 2.75) is 26.3 Å². The van der Waals surface area contributed by atoms with Crippen LogP contribution in [0.4, 0.5) is 0 Å². The number of methoxy groups -OCH3 is 1. The van der Waals surface area contributed by atoms with Crippen LogP contribution in [-0.4, -0.2) is 44.0 Å². The van der Waals surface area contributed by atoms with Gasteiger partial charge in [-0.25, -0.2) is 0 Å². The first-order chi connectivity index (χ1) is 10.8. The normalized spacial score (nSPS) is 24.4. The molecule has 5 nitrogen and oxygen atoms in total. The Morgan fingerprint density at radius 2 is 2.23 bits per heavy atom. The molecule has 2 atom stereocenters. The second-order valence-electron chi connectivity index (χ2n) is 5.77. The summed E-state index contributed by atoms with van der Waals surface area (Å²) in [5.41, 5.74) is 5.77. The highest BCUT2D eigenvalue weighted by Gasteiger charge is 2.38. The number of hydrazone groups is 1. The molecular weight excluding hydrogens is 278 g/mol. The van der Waals surface area contributed by atoms with Gasteiger partial charge in [-0.15, -0.1) is 0 Å². The highest BCUT2D eigenvalue weighted by Crippen LogP contribution is 2.41. The van der Waals surface area contributed by atoms with Gasteiger partial charge in [0.1, 0.15) is 0 Å². The Bertz CT molecular complexity index is 559. The molecule has 0 amide bonds. The van der Waals surface area contributed by atoms with Crippen molar-refractivity contribution in [2.75, 3.05) is 33.4 Å². The molecular formula is C17H25N3O2. The first-order valence-corrected chi connectivity index (χ1v) is 8.12. The molecule has 0 radical (unpaired) electrons. The van der Waals surface area contributed by atoms with Gasteiger partial charge >= 0.3 is 0 Å². The van der Waals surface area contributed by atoms with Crippen LogP contribution in [0.5, 0.6) is 11.5 Å². The Labute approximate surface area is 132 Å². The fraction of sp³-hybridized carbons (Fsp3) is 0.588. The van der Waals surface area contributed by atoms with Crippen molar-refractivity contribution in [2.24, 2.45) is 11.0 Å². The van der Waals surface area contributed by atoms with E-state index in [1.807, 2.05) is 19.1 Å². The van der Waals surface area contributed by atoms with Gasteiger partial charge in [0, 0.05) is 36.7 Å². The van der Waals surface area contributed by atoms with E-state index in [-0.39, 0.29) is 6.04 Å².